The van der Waals surface area contributed by atoms with Crippen LogP contribution in [-0.4, -0.2) is 13.4 Å². The van der Waals surface area contributed by atoms with Gasteiger partial charge in [-0.15, -0.1) is 0 Å². The Morgan fingerprint density at radius 2 is 1.86 bits per heavy atom. The maximum atomic E-state index is 13.0. The number of pyridine rings is 1. The number of sulfonamides is 1. The molecule has 1 heterocycles. The monoisotopic (exact) mass is 316 g/mol. The molecule has 112 valence electrons. The highest BCUT2D eigenvalue weighted by molar-refractivity contribution is 7.89. The van der Waals surface area contributed by atoms with Gasteiger partial charge in [-0.2, -0.15) is 13.2 Å². The largest absolute Gasteiger partial charge is 0.418 e. The molecule has 0 unspecified atom stereocenters. The highest BCUT2D eigenvalue weighted by Gasteiger charge is 2.34. The number of benzene rings is 1. The number of alkyl halides is 3. The molecule has 0 spiro atoms. The van der Waals surface area contributed by atoms with Gasteiger partial charge in [-0.3, -0.25) is 4.98 Å². The normalized spacial score (nSPS) is 12.4. The van der Waals surface area contributed by atoms with E-state index in [4.69, 9.17) is 5.14 Å². The Morgan fingerprint density at radius 1 is 1.19 bits per heavy atom. The third-order valence-electron chi connectivity index (χ3n) is 2.88. The minimum absolute atomic E-state index is 0.0394. The Bertz CT molecular complexity index is 786. The van der Waals surface area contributed by atoms with E-state index >= 15 is 0 Å². The Labute approximate surface area is 119 Å². The third-order valence-corrected chi connectivity index (χ3v) is 3.93. The first kappa shape index (κ1) is 15.5. The molecule has 0 radical (unpaired) electrons. The van der Waals surface area contributed by atoms with E-state index in [2.05, 4.69) is 4.98 Å². The Balaban J connectivity index is 2.70. The number of aromatic nitrogens is 1. The summed E-state index contributed by atoms with van der Waals surface area (Å²) in [6.07, 6.45) is -3.38. The zero-order chi connectivity index (χ0) is 15.8. The molecule has 1 aromatic heterocycles. The number of halogens is 3. The molecule has 0 amide bonds. The lowest BCUT2D eigenvalue weighted by Gasteiger charge is -2.13. The standard InChI is InChI=1S/C13H11F3N2O2S/c1-8-4-5-9(7-11(8)21(17,19)20)12-10(13(14,15)16)3-2-6-18-12/h2-7H,1H3,(H2,17,19,20). The van der Waals surface area contributed by atoms with Crippen molar-refractivity contribution in [2.24, 2.45) is 5.14 Å². The maximum Gasteiger partial charge on any atom is 0.418 e. The number of primary sulfonamides is 1. The molecule has 0 aliphatic carbocycles. The second-order valence-electron chi connectivity index (χ2n) is 4.42. The molecule has 4 nitrogen and oxygen atoms in total. The van der Waals surface area contributed by atoms with E-state index in [0.717, 1.165) is 12.1 Å². The van der Waals surface area contributed by atoms with Gasteiger partial charge in [0, 0.05) is 11.8 Å². The molecule has 2 aromatic rings. The lowest BCUT2D eigenvalue weighted by Crippen LogP contribution is -2.14. The molecule has 0 aliphatic heterocycles. The van der Waals surface area contributed by atoms with Gasteiger partial charge in [0.05, 0.1) is 16.2 Å². The van der Waals surface area contributed by atoms with Gasteiger partial charge in [0.1, 0.15) is 0 Å². The number of nitrogens with two attached hydrogens (primary N) is 1. The second-order valence-corrected chi connectivity index (χ2v) is 5.95. The van der Waals surface area contributed by atoms with E-state index in [1.54, 1.807) is 0 Å². The molecule has 2 rings (SSSR count). The van der Waals surface area contributed by atoms with Gasteiger partial charge in [0.15, 0.2) is 0 Å². The first-order valence-electron chi connectivity index (χ1n) is 5.77. The summed E-state index contributed by atoms with van der Waals surface area (Å²) in [5.41, 5.74) is -0.882. The van der Waals surface area contributed by atoms with Crippen molar-refractivity contribution in [2.45, 2.75) is 18.0 Å². The molecular formula is C13H11F3N2O2S. The highest BCUT2D eigenvalue weighted by Crippen LogP contribution is 2.36. The van der Waals surface area contributed by atoms with Crippen molar-refractivity contribution in [3.63, 3.8) is 0 Å². The molecule has 0 saturated carbocycles. The molecule has 0 saturated heterocycles. The number of hydrogen-bond acceptors (Lipinski definition) is 3. The smallest absolute Gasteiger partial charge is 0.256 e. The van der Waals surface area contributed by atoms with E-state index in [9.17, 15) is 21.6 Å². The van der Waals surface area contributed by atoms with E-state index in [-0.39, 0.29) is 16.2 Å². The quantitative estimate of drug-likeness (QED) is 0.926. The van der Waals surface area contributed by atoms with Crippen LogP contribution < -0.4 is 5.14 Å². The van der Waals surface area contributed by atoms with E-state index in [1.165, 1.54) is 31.3 Å². The van der Waals surface area contributed by atoms with Crippen LogP contribution in [-0.2, 0) is 16.2 Å². The van der Waals surface area contributed by atoms with Crippen LogP contribution in [0.2, 0.25) is 0 Å². The van der Waals surface area contributed by atoms with E-state index in [0.29, 0.717) is 5.56 Å². The molecule has 0 bridgehead atoms. The van der Waals surface area contributed by atoms with E-state index in [1.807, 2.05) is 0 Å². The Morgan fingerprint density at radius 3 is 2.43 bits per heavy atom. The van der Waals surface area contributed by atoms with Crippen LogP contribution in [0.15, 0.2) is 41.4 Å². The summed E-state index contributed by atoms with van der Waals surface area (Å²) in [4.78, 5) is 3.49. The number of aryl methyl sites for hydroxylation is 1. The zero-order valence-electron chi connectivity index (χ0n) is 10.8. The summed E-state index contributed by atoms with van der Waals surface area (Å²) in [7, 11) is -4.02. The molecule has 8 heteroatoms. The highest BCUT2D eigenvalue weighted by atomic mass is 32.2. The molecule has 2 N–H and O–H groups in total. The van der Waals surface area contributed by atoms with Gasteiger partial charge in [0.2, 0.25) is 10.0 Å². The molecular weight excluding hydrogens is 305 g/mol. The molecule has 0 atom stereocenters. The summed E-state index contributed by atoms with van der Waals surface area (Å²) in [5, 5.41) is 5.06. The number of rotatable bonds is 2. The van der Waals surface area contributed by atoms with Gasteiger partial charge < -0.3 is 0 Å². The number of hydrogen-bond donors (Lipinski definition) is 1. The van der Waals surface area contributed by atoms with Crippen LogP contribution in [0.3, 0.4) is 0 Å². The average molecular weight is 316 g/mol. The lowest BCUT2D eigenvalue weighted by atomic mass is 10.0. The van der Waals surface area contributed by atoms with Crippen LogP contribution in [0, 0.1) is 6.92 Å². The first-order valence-corrected chi connectivity index (χ1v) is 7.31. The molecule has 0 fully saturated rings. The van der Waals surface area contributed by atoms with Gasteiger partial charge in [-0.05, 0) is 30.7 Å². The van der Waals surface area contributed by atoms with Crippen LogP contribution in [0.5, 0.6) is 0 Å². The summed E-state index contributed by atoms with van der Waals surface area (Å²) in [6.45, 7) is 1.51. The van der Waals surface area contributed by atoms with Crippen LogP contribution in [0.1, 0.15) is 11.1 Å². The zero-order valence-corrected chi connectivity index (χ0v) is 11.7. The molecule has 1 aromatic carbocycles. The molecule has 21 heavy (non-hydrogen) atoms. The van der Waals surface area contributed by atoms with Crippen molar-refractivity contribution in [3.05, 3.63) is 47.7 Å². The first-order chi connectivity index (χ1) is 9.60. The van der Waals surface area contributed by atoms with Gasteiger partial charge in [0.25, 0.3) is 0 Å². The van der Waals surface area contributed by atoms with Crippen molar-refractivity contribution in [3.8, 4) is 11.3 Å². The summed E-state index contributed by atoms with van der Waals surface area (Å²) in [6, 6.07) is 5.92. The Kier molecular flexibility index (Phi) is 3.77. The predicted molar refractivity (Wildman–Crippen MR) is 70.8 cm³/mol. The van der Waals surface area contributed by atoms with Gasteiger partial charge >= 0.3 is 6.18 Å². The Hall–Kier alpha value is -1.93. The third kappa shape index (κ3) is 3.22. The fraction of sp³-hybridized carbons (Fsp3) is 0.154. The second kappa shape index (κ2) is 5.12. The van der Waals surface area contributed by atoms with Crippen molar-refractivity contribution < 1.29 is 21.6 Å². The van der Waals surface area contributed by atoms with Gasteiger partial charge in [-0.25, -0.2) is 13.6 Å². The predicted octanol–water partition coefficient (Wildman–Crippen LogP) is 2.72. The summed E-state index contributed by atoms with van der Waals surface area (Å²) in [5.74, 6) is 0. The minimum Gasteiger partial charge on any atom is -0.256 e. The average Bonchev–Trinajstić information content (AvgIpc) is 2.37. The van der Waals surface area contributed by atoms with Crippen LogP contribution in [0.25, 0.3) is 11.3 Å². The van der Waals surface area contributed by atoms with Crippen molar-refractivity contribution >= 4 is 10.0 Å². The fourth-order valence-corrected chi connectivity index (χ4v) is 2.73. The van der Waals surface area contributed by atoms with Gasteiger partial charge in [-0.1, -0.05) is 12.1 Å². The molecule has 0 aliphatic rings. The summed E-state index contributed by atoms with van der Waals surface area (Å²) < 4.78 is 61.8. The van der Waals surface area contributed by atoms with Crippen molar-refractivity contribution in [1.29, 1.82) is 0 Å². The van der Waals surface area contributed by atoms with E-state index < -0.39 is 21.8 Å². The maximum absolute atomic E-state index is 13.0. The SMILES string of the molecule is Cc1ccc(-c2ncccc2C(F)(F)F)cc1S(N)(=O)=O. The van der Waals surface area contributed by atoms with Crippen molar-refractivity contribution in [2.75, 3.05) is 0 Å². The minimum atomic E-state index is -4.59. The summed E-state index contributed by atoms with van der Waals surface area (Å²) >= 11 is 0. The topological polar surface area (TPSA) is 73.0 Å². The van der Waals surface area contributed by atoms with Crippen LogP contribution in [0.4, 0.5) is 13.2 Å². The number of nitrogens with zero attached hydrogens (tertiary/aromatic N) is 1. The lowest BCUT2D eigenvalue weighted by molar-refractivity contribution is -0.137. The van der Waals surface area contributed by atoms with Crippen molar-refractivity contribution in [1.82, 2.24) is 4.98 Å². The van der Waals surface area contributed by atoms with Crippen LogP contribution >= 0.6 is 0 Å². The fourth-order valence-electron chi connectivity index (χ4n) is 1.92.